The van der Waals surface area contributed by atoms with Gasteiger partial charge in [0.05, 0.1) is 4.92 Å². The number of anilines is 1. The summed E-state index contributed by atoms with van der Waals surface area (Å²) in [6, 6.07) is 7.15. The summed E-state index contributed by atoms with van der Waals surface area (Å²) in [5.74, 6) is 0.719. The number of nitrogens with zero attached hydrogens (tertiary/aromatic N) is 3. The Morgan fingerprint density at radius 3 is 2.71 bits per heavy atom. The standard InChI is InChI=1S/C13H13IN4O3/c1-2-7-15-13-16-8-11(18(19)20)12(17-13)21-10-5-3-9(14)4-6-10/h3-6,8H,2,7H2,1H3,(H,15,16,17). The molecule has 7 nitrogen and oxygen atoms in total. The number of ether oxygens (including phenoxy) is 1. The monoisotopic (exact) mass is 400 g/mol. The van der Waals surface area contributed by atoms with E-state index in [4.69, 9.17) is 4.74 Å². The minimum atomic E-state index is -0.564. The van der Waals surface area contributed by atoms with Crippen LogP contribution in [0, 0.1) is 13.7 Å². The Morgan fingerprint density at radius 2 is 2.10 bits per heavy atom. The van der Waals surface area contributed by atoms with Gasteiger partial charge in [0.2, 0.25) is 5.95 Å². The highest BCUT2D eigenvalue weighted by Gasteiger charge is 2.19. The van der Waals surface area contributed by atoms with Crippen molar-refractivity contribution < 1.29 is 9.66 Å². The number of nitrogens with one attached hydrogen (secondary N) is 1. The van der Waals surface area contributed by atoms with Crippen LogP contribution in [0.2, 0.25) is 0 Å². The summed E-state index contributed by atoms with van der Waals surface area (Å²) in [6.07, 6.45) is 2.04. The molecule has 8 heteroatoms. The maximum absolute atomic E-state index is 11.0. The molecule has 0 saturated carbocycles. The van der Waals surface area contributed by atoms with Gasteiger partial charge in [0, 0.05) is 10.1 Å². The van der Waals surface area contributed by atoms with E-state index in [0.29, 0.717) is 18.2 Å². The summed E-state index contributed by atoms with van der Waals surface area (Å²) in [6.45, 7) is 2.68. The van der Waals surface area contributed by atoms with Crippen LogP contribution in [0.4, 0.5) is 11.6 Å². The fourth-order valence-electron chi connectivity index (χ4n) is 1.50. The fraction of sp³-hybridized carbons (Fsp3) is 0.231. The smallest absolute Gasteiger partial charge is 0.349 e. The van der Waals surface area contributed by atoms with Crippen molar-refractivity contribution in [1.82, 2.24) is 9.97 Å². The minimum absolute atomic E-state index is 0.0742. The molecule has 0 aliphatic heterocycles. The third-order valence-electron chi connectivity index (χ3n) is 2.49. The van der Waals surface area contributed by atoms with Crippen molar-refractivity contribution in [2.75, 3.05) is 11.9 Å². The average Bonchev–Trinajstić information content (AvgIpc) is 2.47. The second-order valence-electron chi connectivity index (χ2n) is 4.12. The summed E-state index contributed by atoms with van der Waals surface area (Å²) in [4.78, 5) is 18.4. The van der Waals surface area contributed by atoms with Crippen molar-refractivity contribution in [2.24, 2.45) is 0 Å². The summed E-state index contributed by atoms with van der Waals surface area (Å²) >= 11 is 2.17. The summed E-state index contributed by atoms with van der Waals surface area (Å²) < 4.78 is 6.55. The van der Waals surface area contributed by atoms with Crippen LogP contribution in [0.3, 0.4) is 0 Å². The van der Waals surface area contributed by atoms with E-state index in [2.05, 4.69) is 37.9 Å². The lowest BCUT2D eigenvalue weighted by Gasteiger charge is -2.07. The molecule has 1 aromatic carbocycles. The largest absolute Gasteiger partial charge is 0.434 e. The molecule has 0 saturated heterocycles. The molecule has 0 aliphatic carbocycles. The molecule has 0 fully saturated rings. The molecular weight excluding hydrogens is 387 g/mol. The van der Waals surface area contributed by atoms with Gasteiger partial charge in [-0.15, -0.1) is 0 Å². The predicted molar refractivity (Wildman–Crippen MR) is 86.7 cm³/mol. The van der Waals surface area contributed by atoms with Crippen molar-refractivity contribution >= 4 is 34.2 Å². The first-order valence-electron chi connectivity index (χ1n) is 6.29. The van der Waals surface area contributed by atoms with Gasteiger partial charge in [-0.3, -0.25) is 10.1 Å². The van der Waals surface area contributed by atoms with Crippen LogP contribution in [-0.4, -0.2) is 21.4 Å². The van der Waals surface area contributed by atoms with Gasteiger partial charge in [-0.2, -0.15) is 4.98 Å². The Hall–Kier alpha value is -1.97. The third-order valence-corrected chi connectivity index (χ3v) is 3.21. The van der Waals surface area contributed by atoms with Crippen molar-refractivity contribution in [3.8, 4) is 11.6 Å². The molecule has 0 aliphatic rings. The Balaban J connectivity index is 2.29. The zero-order chi connectivity index (χ0) is 15.2. The van der Waals surface area contributed by atoms with Crippen LogP contribution < -0.4 is 10.1 Å². The van der Waals surface area contributed by atoms with Gasteiger partial charge in [0.1, 0.15) is 11.9 Å². The molecule has 0 bridgehead atoms. The molecule has 110 valence electrons. The fourth-order valence-corrected chi connectivity index (χ4v) is 1.86. The first-order valence-corrected chi connectivity index (χ1v) is 7.36. The van der Waals surface area contributed by atoms with E-state index >= 15 is 0 Å². The Kier molecular flexibility index (Phi) is 5.26. The van der Waals surface area contributed by atoms with E-state index in [1.165, 1.54) is 0 Å². The van der Waals surface area contributed by atoms with Gasteiger partial charge in [0.25, 0.3) is 0 Å². The molecule has 0 unspecified atom stereocenters. The number of hydrogen-bond donors (Lipinski definition) is 1. The zero-order valence-electron chi connectivity index (χ0n) is 11.2. The molecule has 1 heterocycles. The molecule has 1 N–H and O–H groups in total. The number of benzene rings is 1. The normalized spacial score (nSPS) is 10.2. The second-order valence-corrected chi connectivity index (χ2v) is 5.37. The van der Waals surface area contributed by atoms with Crippen LogP contribution in [0.15, 0.2) is 30.5 Å². The number of hydrogen-bond acceptors (Lipinski definition) is 6. The van der Waals surface area contributed by atoms with Crippen LogP contribution in [-0.2, 0) is 0 Å². The molecule has 2 rings (SSSR count). The lowest BCUT2D eigenvalue weighted by atomic mass is 10.3. The van der Waals surface area contributed by atoms with Crippen LogP contribution in [0.5, 0.6) is 11.6 Å². The number of rotatable bonds is 6. The van der Waals surface area contributed by atoms with Gasteiger partial charge in [-0.05, 0) is 53.3 Å². The Bertz CT molecular complexity index is 634. The van der Waals surface area contributed by atoms with E-state index in [1.54, 1.807) is 12.1 Å². The predicted octanol–water partition coefficient (Wildman–Crippen LogP) is 3.60. The van der Waals surface area contributed by atoms with Crippen molar-refractivity contribution in [2.45, 2.75) is 13.3 Å². The Morgan fingerprint density at radius 1 is 1.38 bits per heavy atom. The van der Waals surface area contributed by atoms with Gasteiger partial charge in [-0.1, -0.05) is 6.92 Å². The van der Waals surface area contributed by atoms with Crippen LogP contribution in [0.1, 0.15) is 13.3 Å². The van der Waals surface area contributed by atoms with Gasteiger partial charge < -0.3 is 10.1 Å². The van der Waals surface area contributed by atoms with Crippen molar-refractivity contribution in [3.63, 3.8) is 0 Å². The number of halogens is 1. The summed E-state index contributed by atoms with van der Waals surface area (Å²) in [7, 11) is 0. The van der Waals surface area contributed by atoms with E-state index in [-0.39, 0.29) is 11.6 Å². The van der Waals surface area contributed by atoms with Crippen molar-refractivity contribution in [1.29, 1.82) is 0 Å². The highest BCUT2D eigenvalue weighted by Crippen LogP contribution is 2.29. The molecule has 0 amide bonds. The number of aromatic nitrogens is 2. The van der Waals surface area contributed by atoms with E-state index in [0.717, 1.165) is 16.2 Å². The maximum Gasteiger partial charge on any atom is 0.349 e. The molecule has 2 aromatic rings. The highest BCUT2D eigenvalue weighted by molar-refractivity contribution is 14.1. The molecule has 0 atom stereocenters. The first-order chi connectivity index (χ1) is 10.1. The number of nitro groups is 1. The van der Waals surface area contributed by atoms with Gasteiger partial charge in [0.15, 0.2) is 0 Å². The van der Waals surface area contributed by atoms with E-state index in [9.17, 15) is 10.1 Å². The van der Waals surface area contributed by atoms with Gasteiger partial charge >= 0.3 is 11.6 Å². The van der Waals surface area contributed by atoms with E-state index in [1.807, 2.05) is 19.1 Å². The van der Waals surface area contributed by atoms with Crippen LogP contribution >= 0.6 is 22.6 Å². The van der Waals surface area contributed by atoms with Gasteiger partial charge in [-0.25, -0.2) is 4.98 Å². The van der Waals surface area contributed by atoms with Crippen molar-refractivity contribution in [3.05, 3.63) is 44.1 Å². The van der Waals surface area contributed by atoms with Crippen LogP contribution in [0.25, 0.3) is 0 Å². The molecule has 21 heavy (non-hydrogen) atoms. The minimum Gasteiger partial charge on any atom is -0.434 e. The highest BCUT2D eigenvalue weighted by atomic mass is 127. The second kappa shape index (κ2) is 7.16. The Labute approximate surface area is 135 Å². The molecule has 1 aromatic heterocycles. The first kappa shape index (κ1) is 15.4. The molecule has 0 radical (unpaired) electrons. The quantitative estimate of drug-likeness (QED) is 0.453. The zero-order valence-corrected chi connectivity index (χ0v) is 13.4. The third kappa shape index (κ3) is 4.25. The van der Waals surface area contributed by atoms with E-state index < -0.39 is 4.92 Å². The average molecular weight is 400 g/mol. The lowest BCUT2D eigenvalue weighted by molar-refractivity contribution is -0.386. The summed E-state index contributed by atoms with van der Waals surface area (Å²) in [5, 5.41) is 14.0. The summed E-state index contributed by atoms with van der Waals surface area (Å²) in [5.41, 5.74) is -0.268. The maximum atomic E-state index is 11.0. The SMILES string of the molecule is CCCNc1ncc([N+](=O)[O-])c(Oc2ccc(I)cc2)n1. The molecule has 0 spiro atoms. The molecular formula is C13H13IN4O3. The topological polar surface area (TPSA) is 90.2 Å². The lowest BCUT2D eigenvalue weighted by Crippen LogP contribution is -2.06.